The topological polar surface area (TPSA) is 55.2 Å². The van der Waals surface area contributed by atoms with Gasteiger partial charge in [0, 0.05) is 19.1 Å². The van der Waals surface area contributed by atoms with Crippen LogP contribution in [0.15, 0.2) is 53.4 Å². The molecule has 0 amide bonds. The van der Waals surface area contributed by atoms with Crippen molar-refractivity contribution in [2.24, 2.45) is 17.8 Å². The van der Waals surface area contributed by atoms with Gasteiger partial charge in [0.05, 0.1) is 15.9 Å². The zero-order valence-electron chi connectivity index (χ0n) is 18.9. The van der Waals surface area contributed by atoms with Crippen LogP contribution in [0.5, 0.6) is 0 Å². The van der Waals surface area contributed by atoms with E-state index in [1.54, 1.807) is 16.4 Å². The quantitative estimate of drug-likeness (QED) is 0.552. The molecule has 4 aliphatic carbocycles. The molecule has 4 aliphatic rings. The zero-order valence-corrected chi connectivity index (χ0v) is 19.7. The van der Waals surface area contributed by atoms with Crippen molar-refractivity contribution in [1.82, 2.24) is 13.9 Å². The van der Waals surface area contributed by atoms with E-state index in [0.717, 1.165) is 59.4 Å². The average Bonchev–Trinajstić information content (AvgIpc) is 3.08. The lowest BCUT2D eigenvalue weighted by atomic mass is 9.53. The molecule has 4 bridgehead atoms. The molecule has 7 rings (SSSR count). The molecule has 0 unspecified atom stereocenters. The van der Waals surface area contributed by atoms with Crippen molar-refractivity contribution >= 4 is 21.1 Å². The Morgan fingerprint density at radius 3 is 2.19 bits per heavy atom. The summed E-state index contributed by atoms with van der Waals surface area (Å²) in [5.74, 6) is 3.11. The Bertz CT molecular complexity index is 1240. The number of aryl methyl sites for hydroxylation is 1. The molecule has 2 aromatic carbocycles. The first-order chi connectivity index (χ1) is 15.3. The molecular formula is C26H31N3O2S. The summed E-state index contributed by atoms with van der Waals surface area (Å²) in [5.41, 5.74) is 3.00. The van der Waals surface area contributed by atoms with E-state index in [9.17, 15) is 8.42 Å². The van der Waals surface area contributed by atoms with Crippen LogP contribution in [0.4, 0.5) is 0 Å². The maximum atomic E-state index is 13.6. The molecule has 0 saturated heterocycles. The molecule has 6 heteroatoms. The molecule has 1 aromatic heterocycles. The number of imidazole rings is 1. The molecule has 0 spiro atoms. The number of hydrogen-bond acceptors (Lipinski definition) is 3. The number of para-hydroxylation sites is 2. The Hall–Kier alpha value is -2.18. The molecule has 1 heterocycles. The normalized spacial score (nSPS) is 29.3. The summed E-state index contributed by atoms with van der Waals surface area (Å²) in [4.78, 5) is 5.05. The van der Waals surface area contributed by atoms with Gasteiger partial charge in [-0.25, -0.2) is 13.4 Å². The van der Waals surface area contributed by atoms with Crippen molar-refractivity contribution < 1.29 is 8.42 Å². The van der Waals surface area contributed by atoms with Gasteiger partial charge in [0.25, 0.3) is 0 Å². The van der Waals surface area contributed by atoms with Crippen molar-refractivity contribution in [2.75, 3.05) is 7.05 Å². The number of benzene rings is 2. The first-order valence-electron chi connectivity index (χ1n) is 11.8. The van der Waals surface area contributed by atoms with Crippen LogP contribution in [0.1, 0.15) is 49.9 Å². The molecule has 32 heavy (non-hydrogen) atoms. The Morgan fingerprint density at radius 2 is 1.56 bits per heavy atom. The summed E-state index contributed by atoms with van der Waals surface area (Å²) in [6, 6.07) is 15.6. The minimum absolute atomic E-state index is 0.168. The fourth-order valence-corrected chi connectivity index (χ4v) is 8.74. The molecule has 3 aromatic rings. The van der Waals surface area contributed by atoms with Crippen LogP contribution in [-0.4, -0.2) is 34.9 Å². The molecule has 0 aliphatic heterocycles. The summed E-state index contributed by atoms with van der Waals surface area (Å²) in [5, 5.41) is 0. The van der Waals surface area contributed by atoms with Crippen molar-refractivity contribution in [3.63, 3.8) is 0 Å². The highest BCUT2D eigenvalue weighted by atomic mass is 32.2. The second kappa shape index (κ2) is 7.16. The SMILES string of the molecule is Cc1nc2ccccc2n1Cc1ccc(S(=O)(=O)N(C)C23CC4CC(CC(C4)C2)C3)cc1. The van der Waals surface area contributed by atoms with Crippen LogP contribution in [-0.2, 0) is 16.6 Å². The van der Waals surface area contributed by atoms with E-state index in [4.69, 9.17) is 0 Å². The molecular weight excluding hydrogens is 418 g/mol. The van der Waals surface area contributed by atoms with Gasteiger partial charge in [-0.3, -0.25) is 0 Å². The van der Waals surface area contributed by atoms with Crippen LogP contribution in [0.3, 0.4) is 0 Å². The Kier molecular flexibility index (Phi) is 4.57. The molecule has 0 radical (unpaired) electrons. The standard InChI is InChI=1S/C26H31N3O2S/c1-18-27-24-5-3-4-6-25(24)29(18)17-19-7-9-23(10-8-19)32(30,31)28(2)26-14-20-11-21(15-26)13-22(12-20)16-26/h3-10,20-22H,11-17H2,1-2H3. The van der Waals surface area contributed by atoms with Gasteiger partial charge < -0.3 is 4.57 Å². The summed E-state index contributed by atoms with van der Waals surface area (Å²) in [7, 11) is -1.68. The smallest absolute Gasteiger partial charge is 0.243 e. The minimum Gasteiger partial charge on any atom is -0.324 e. The number of rotatable bonds is 5. The second-order valence-electron chi connectivity index (χ2n) is 10.5. The average molecular weight is 450 g/mol. The summed E-state index contributed by atoms with van der Waals surface area (Å²) >= 11 is 0. The van der Waals surface area contributed by atoms with Gasteiger partial charge in [-0.05, 0) is 93.0 Å². The van der Waals surface area contributed by atoms with Crippen molar-refractivity contribution in [3.05, 3.63) is 59.9 Å². The molecule has 168 valence electrons. The number of sulfonamides is 1. The Labute approximate surface area is 190 Å². The fraction of sp³-hybridized carbons (Fsp3) is 0.500. The van der Waals surface area contributed by atoms with Gasteiger partial charge in [0.1, 0.15) is 5.82 Å². The highest BCUT2D eigenvalue weighted by Gasteiger charge is 2.55. The van der Waals surface area contributed by atoms with Crippen molar-refractivity contribution in [3.8, 4) is 0 Å². The Balaban J connectivity index is 1.26. The van der Waals surface area contributed by atoms with Crippen LogP contribution in [0.25, 0.3) is 11.0 Å². The molecule has 5 nitrogen and oxygen atoms in total. The molecule has 0 atom stereocenters. The third-order valence-electron chi connectivity index (χ3n) is 8.44. The van der Waals surface area contributed by atoms with Crippen molar-refractivity contribution in [2.45, 2.75) is 62.4 Å². The number of hydrogen-bond donors (Lipinski definition) is 0. The summed E-state index contributed by atoms with van der Waals surface area (Å²) < 4.78 is 31.2. The molecule has 4 saturated carbocycles. The van der Waals surface area contributed by atoms with Gasteiger partial charge in [0.2, 0.25) is 10.0 Å². The maximum absolute atomic E-state index is 13.6. The molecule has 4 fully saturated rings. The van der Waals surface area contributed by atoms with Gasteiger partial charge >= 0.3 is 0 Å². The third-order valence-corrected chi connectivity index (χ3v) is 10.4. The van der Waals surface area contributed by atoms with Crippen LogP contribution in [0, 0.1) is 24.7 Å². The predicted octanol–water partition coefficient (Wildman–Crippen LogP) is 4.98. The first-order valence-corrected chi connectivity index (χ1v) is 13.3. The van der Waals surface area contributed by atoms with E-state index in [1.807, 2.05) is 44.3 Å². The fourth-order valence-electron chi connectivity index (χ4n) is 7.21. The largest absolute Gasteiger partial charge is 0.324 e. The summed E-state index contributed by atoms with van der Waals surface area (Å²) in [6.07, 6.45) is 7.05. The lowest BCUT2D eigenvalue weighted by molar-refractivity contribution is -0.0495. The van der Waals surface area contributed by atoms with Crippen LogP contribution in [0.2, 0.25) is 0 Å². The van der Waals surface area contributed by atoms with Gasteiger partial charge in [-0.1, -0.05) is 24.3 Å². The van der Waals surface area contributed by atoms with Gasteiger partial charge in [-0.15, -0.1) is 0 Å². The highest BCUT2D eigenvalue weighted by molar-refractivity contribution is 7.89. The van der Waals surface area contributed by atoms with E-state index in [0.29, 0.717) is 11.4 Å². The number of nitrogens with zero attached hydrogens (tertiary/aromatic N) is 3. The van der Waals surface area contributed by atoms with Crippen LogP contribution < -0.4 is 0 Å². The van der Waals surface area contributed by atoms with E-state index in [1.165, 1.54) is 19.3 Å². The summed E-state index contributed by atoms with van der Waals surface area (Å²) in [6.45, 7) is 2.69. The second-order valence-corrected chi connectivity index (χ2v) is 12.5. The Morgan fingerprint density at radius 1 is 0.969 bits per heavy atom. The van der Waals surface area contributed by atoms with E-state index < -0.39 is 10.0 Å². The molecule has 0 N–H and O–H groups in total. The first kappa shape index (κ1) is 20.4. The maximum Gasteiger partial charge on any atom is 0.243 e. The van der Waals surface area contributed by atoms with E-state index >= 15 is 0 Å². The monoisotopic (exact) mass is 449 g/mol. The van der Waals surface area contributed by atoms with E-state index in [-0.39, 0.29) is 5.54 Å². The van der Waals surface area contributed by atoms with Crippen molar-refractivity contribution in [1.29, 1.82) is 0 Å². The third kappa shape index (κ3) is 3.14. The number of aromatic nitrogens is 2. The lowest BCUT2D eigenvalue weighted by Crippen LogP contribution is -2.60. The minimum atomic E-state index is -3.51. The number of fused-ring (bicyclic) bond motifs is 1. The van der Waals surface area contributed by atoms with Gasteiger partial charge in [-0.2, -0.15) is 4.31 Å². The van der Waals surface area contributed by atoms with E-state index in [2.05, 4.69) is 15.6 Å². The van der Waals surface area contributed by atoms with Gasteiger partial charge in [0.15, 0.2) is 0 Å². The predicted molar refractivity (Wildman–Crippen MR) is 126 cm³/mol. The highest BCUT2D eigenvalue weighted by Crippen LogP contribution is 2.58. The zero-order chi connectivity index (χ0) is 22.1. The van der Waals surface area contributed by atoms with Crippen LogP contribution >= 0.6 is 0 Å². The lowest BCUT2D eigenvalue weighted by Gasteiger charge is -2.59.